The van der Waals surface area contributed by atoms with Gasteiger partial charge in [0.2, 0.25) is 0 Å². The Balaban J connectivity index is 1.95. The van der Waals surface area contributed by atoms with Gasteiger partial charge in [-0.1, -0.05) is 44.3 Å². The van der Waals surface area contributed by atoms with Gasteiger partial charge in [0.1, 0.15) is 0 Å². The van der Waals surface area contributed by atoms with E-state index in [1.807, 2.05) is 0 Å². The van der Waals surface area contributed by atoms with Crippen molar-refractivity contribution in [2.24, 2.45) is 0 Å². The van der Waals surface area contributed by atoms with Crippen LogP contribution in [0.1, 0.15) is 58.3 Å². The molecule has 1 heterocycles. The smallest absolute Gasteiger partial charge is 0.0164 e. The molecule has 0 atom stereocenters. The minimum Gasteiger partial charge on any atom is -0.313 e. The first kappa shape index (κ1) is 11.8. The summed E-state index contributed by atoms with van der Waals surface area (Å²) in [6.45, 7) is 4.64. The number of unbranched alkanes of at least 4 members (excludes halogenated alkanes) is 5. The molecule has 1 rings (SSSR count). The molecule has 1 heteroatoms. The van der Waals surface area contributed by atoms with Crippen LogP contribution >= 0.6 is 0 Å². The summed E-state index contributed by atoms with van der Waals surface area (Å²) in [6, 6.07) is 0. The molecule has 82 valence electrons. The average Bonchev–Trinajstić information content (AvgIpc) is 2.25. The first-order valence-electron chi connectivity index (χ1n) is 6.32. The molecule has 1 aliphatic heterocycles. The van der Waals surface area contributed by atoms with Crippen LogP contribution in [0.4, 0.5) is 0 Å². The molecule has 0 aliphatic carbocycles. The lowest BCUT2D eigenvalue weighted by Gasteiger charge is -2.15. The van der Waals surface area contributed by atoms with Crippen LogP contribution < -0.4 is 5.32 Å². The fourth-order valence-electron chi connectivity index (χ4n) is 2.01. The minimum absolute atomic E-state index is 1.15. The van der Waals surface area contributed by atoms with Crippen molar-refractivity contribution in [3.05, 3.63) is 11.6 Å². The summed E-state index contributed by atoms with van der Waals surface area (Å²) in [5.41, 5.74) is 1.65. The van der Waals surface area contributed by atoms with Crippen LogP contribution in [-0.2, 0) is 0 Å². The number of hydrogen-bond donors (Lipinski definition) is 1. The molecule has 0 saturated carbocycles. The maximum atomic E-state index is 3.43. The molecule has 1 saturated heterocycles. The van der Waals surface area contributed by atoms with Crippen LogP contribution in [-0.4, -0.2) is 13.1 Å². The second-order valence-corrected chi connectivity index (χ2v) is 4.35. The Morgan fingerprint density at radius 1 is 1.21 bits per heavy atom. The molecule has 1 fully saturated rings. The molecule has 14 heavy (non-hydrogen) atoms. The third-order valence-corrected chi connectivity index (χ3v) is 2.94. The van der Waals surface area contributed by atoms with Gasteiger partial charge in [-0.05, 0) is 32.2 Å². The number of nitrogens with one attached hydrogen (secondary N) is 1. The van der Waals surface area contributed by atoms with E-state index in [1.165, 1.54) is 57.9 Å². The lowest BCUT2D eigenvalue weighted by molar-refractivity contribution is 0.600. The Morgan fingerprint density at radius 2 is 2.07 bits per heavy atom. The van der Waals surface area contributed by atoms with Crippen LogP contribution in [0.5, 0.6) is 0 Å². The zero-order valence-electron chi connectivity index (χ0n) is 9.65. The SMILES string of the molecule is CCCCCCCC=C1CCCNC1. The highest BCUT2D eigenvalue weighted by Gasteiger charge is 2.02. The van der Waals surface area contributed by atoms with Crippen molar-refractivity contribution in [1.82, 2.24) is 5.32 Å². The van der Waals surface area contributed by atoms with E-state index < -0.39 is 0 Å². The average molecular weight is 195 g/mol. The van der Waals surface area contributed by atoms with Crippen molar-refractivity contribution in [1.29, 1.82) is 0 Å². The second kappa shape index (κ2) is 8.05. The molecule has 1 N–H and O–H groups in total. The van der Waals surface area contributed by atoms with E-state index in [0.29, 0.717) is 0 Å². The quantitative estimate of drug-likeness (QED) is 0.504. The lowest BCUT2D eigenvalue weighted by atomic mass is 10.0. The number of allylic oxidation sites excluding steroid dienone is 1. The first-order valence-corrected chi connectivity index (χ1v) is 6.32. The molecule has 0 aromatic rings. The normalized spacial score (nSPS) is 20.2. The summed E-state index contributed by atoms with van der Waals surface area (Å²) >= 11 is 0. The van der Waals surface area contributed by atoms with Gasteiger partial charge in [0.15, 0.2) is 0 Å². The van der Waals surface area contributed by atoms with E-state index in [9.17, 15) is 0 Å². The monoisotopic (exact) mass is 195 g/mol. The van der Waals surface area contributed by atoms with E-state index in [4.69, 9.17) is 0 Å². The first-order chi connectivity index (χ1) is 6.93. The van der Waals surface area contributed by atoms with Crippen molar-refractivity contribution in [3.63, 3.8) is 0 Å². The molecule has 0 spiro atoms. The van der Waals surface area contributed by atoms with E-state index in [2.05, 4.69) is 18.3 Å². The van der Waals surface area contributed by atoms with Gasteiger partial charge in [-0.2, -0.15) is 0 Å². The van der Waals surface area contributed by atoms with Crippen LogP contribution in [0.15, 0.2) is 11.6 Å². The molecule has 0 aromatic heterocycles. The lowest BCUT2D eigenvalue weighted by Crippen LogP contribution is -2.23. The maximum Gasteiger partial charge on any atom is 0.0164 e. The highest BCUT2D eigenvalue weighted by Crippen LogP contribution is 2.12. The summed E-state index contributed by atoms with van der Waals surface area (Å²) < 4.78 is 0. The van der Waals surface area contributed by atoms with E-state index in [1.54, 1.807) is 5.57 Å². The third kappa shape index (κ3) is 5.43. The zero-order chi connectivity index (χ0) is 10.1. The van der Waals surface area contributed by atoms with Gasteiger partial charge in [0.25, 0.3) is 0 Å². The van der Waals surface area contributed by atoms with Gasteiger partial charge in [-0.15, -0.1) is 0 Å². The number of rotatable bonds is 6. The van der Waals surface area contributed by atoms with Crippen LogP contribution in [0.25, 0.3) is 0 Å². The van der Waals surface area contributed by atoms with E-state index in [0.717, 1.165) is 6.54 Å². The second-order valence-electron chi connectivity index (χ2n) is 4.35. The van der Waals surface area contributed by atoms with Gasteiger partial charge in [0.05, 0.1) is 0 Å². The Bertz CT molecular complexity index is 153. The van der Waals surface area contributed by atoms with Gasteiger partial charge in [-0.25, -0.2) is 0 Å². The highest BCUT2D eigenvalue weighted by atomic mass is 14.9. The standard InChI is InChI=1S/C13H25N/c1-2-3-4-5-6-7-9-13-10-8-11-14-12-13/h9,14H,2-8,10-12H2,1H3. The van der Waals surface area contributed by atoms with Gasteiger partial charge < -0.3 is 5.32 Å². The van der Waals surface area contributed by atoms with Crippen LogP contribution in [0.3, 0.4) is 0 Å². The highest BCUT2D eigenvalue weighted by molar-refractivity contribution is 5.06. The molecule has 1 aliphatic rings. The van der Waals surface area contributed by atoms with Gasteiger partial charge in [-0.3, -0.25) is 0 Å². The maximum absolute atomic E-state index is 3.43. The zero-order valence-corrected chi connectivity index (χ0v) is 9.65. The number of piperidine rings is 1. The van der Waals surface area contributed by atoms with Gasteiger partial charge in [0, 0.05) is 6.54 Å². The molecular weight excluding hydrogens is 170 g/mol. The van der Waals surface area contributed by atoms with Crippen molar-refractivity contribution < 1.29 is 0 Å². The van der Waals surface area contributed by atoms with Crippen LogP contribution in [0.2, 0.25) is 0 Å². The fraction of sp³-hybridized carbons (Fsp3) is 0.846. The van der Waals surface area contributed by atoms with Gasteiger partial charge >= 0.3 is 0 Å². The predicted octanol–water partition coefficient (Wildman–Crippen LogP) is 3.66. The molecule has 0 unspecified atom stereocenters. The Morgan fingerprint density at radius 3 is 2.79 bits per heavy atom. The van der Waals surface area contributed by atoms with Crippen LogP contribution in [0, 0.1) is 0 Å². The van der Waals surface area contributed by atoms with E-state index >= 15 is 0 Å². The topological polar surface area (TPSA) is 12.0 Å². The number of hydrogen-bond acceptors (Lipinski definition) is 1. The molecule has 1 nitrogen and oxygen atoms in total. The van der Waals surface area contributed by atoms with Crippen molar-refractivity contribution in [3.8, 4) is 0 Å². The largest absolute Gasteiger partial charge is 0.313 e. The van der Waals surface area contributed by atoms with E-state index in [-0.39, 0.29) is 0 Å². The molecule has 0 radical (unpaired) electrons. The predicted molar refractivity (Wildman–Crippen MR) is 63.6 cm³/mol. The molecule has 0 aromatic carbocycles. The fourth-order valence-corrected chi connectivity index (χ4v) is 2.01. The van der Waals surface area contributed by atoms with Crippen molar-refractivity contribution in [2.75, 3.05) is 13.1 Å². The van der Waals surface area contributed by atoms with Crippen molar-refractivity contribution >= 4 is 0 Å². The Labute approximate surface area is 89.0 Å². The Hall–Kier alpha value is -0.300. The molecular formula is C13H25N. The summed E-state index contributed by atoms with van der Waals surface area (Å²) in [5.74, 6) is 0. The minimum atomic E-state index is 1.15. The van der Waals surface area contributed by atoms with Crippen molar-refractivity contribution in [2.45, 2.75) is 58.3 Å². The summed E-state index contributed by atoms with van der Waals surface area (Å²) in [7, 11) is 0. The third-order valence-electron chi connectivity index (χ3n) is 2.94. The summed E-state index contributed by atoms with van der Waals surface area (Å²) in [5, 5.41) is 3.43. The Kier molecular flexibility index (Phi) is 6.77. The molecule has 0 amide bonds. The summed E-state index contributed by atoms with van der Waals surface area (Å²) in [4.78, 5) is 0. The summed E-state index contributed by atoms with van der Waals surface area (Å²) in [6.07, 6.45) is 13.5. The molecule has 0 bridgehead atoms.